The number of carbonyl (C=O) groups is 1. The standard InChI is InChI=1S/C26H33F2N3O4.C2H6/c1-17-23(25(32)31-12-10-30(11-13-31)15-18-4-2-3-5-18)29-24(34-17)20-8-9-21(35-26(27)28)22(14-20)33-16-19-6-7-19;1-2/h8-9,14,18-19,26H,2-7,10-13,15-16H2,1H3;1-2H3. The van der Waals surface area contributed by atoms with Crippen LogP contribution in [0.25, 0.3) is 11.5 Å². The number of aromatic nitrogens is 1. The molecule has 1 aromatic carbocycles. The van der Waals surface area contributed by atoms with E-state index in [1.165, 1.54) is 31.7 Å². The molecular weight excluding hydrogens is 480 g/mol. The Hall–Kier alpha value is -2.68. The zero-order valence-electron chi connectivity index (χ0n) is 22.2. The van der Waals surface area contributed by atoms with Gasteiger partial charge >= 0.3 is 6.61 Å². The first-order chi connectivity index (χ1) is 18.0. The van der Waals surface area contributed by atoms with E-state index >= 15 is 0 Å². The smallest absolute Gasteiger partial charge is 0.387 e. The lowest BCUT2D eigenvalue weighted by molar-refractivity contribution is -0.0515. The Labute approximate surface area is 218 Å². The first-order valence-corrected chi connectivity index (χ1v) is 13.7. The maximum absolute atomic E-state index is 13.2. The van der Waals surface area contributed by atoms with Crippen molar-refractivity contribution in [1.29, 1.82) is 0 Å². The molecule has 0 unspecified atom stereocenters. The summed E-state index contributed by atoms with van der Waals surface area (Å²) in [6, 6.07) is 4.60. The van der Waals surface area contributed by atoms with Gasteiger partial charge < -0.3 is 18.8 Å². The van der Waals surface area contributed by atoms with Gasteiger partial charge in [-0.2, -0.15) is 8.78 Å². The summed E-state index contributed by atoms with van der Waals surface area (Å²) in [5.41, 5.74) is 0.832. The van der Waals surface area contributed by atoms with Crippen molar-refractivity contribution in [2.45, 2.75) is 65.9 Å². The molecule has 9 heteroatoms. The fourth-order valence-electron chi connectivity index (χ4n) is 5.00. The molecule has 2 saturated carbocycles. The first kappa shape index (κ1) is 27.4. The van der Waals surface area contributed by atoms with Crippen LogP contribution in [-0.2, 0) is 0 Å². The van der Waals surface area contributed by atoms with E-state index in [1.807, 2.05) is 18.7 Å². The van der Waals surface area contributed by atoms with Crippen LogP contribution in [-0.4, -0.2) is 66.6 Å². The average molecular weight is 520 g/mol. The first-order valence-electron chi connectivity index (χ1n) is 13.7. The lowest BCUT2D eigenvalue weighted by Crippen LogP contribution is -2.49. The Morgan fingerprint density at radius 1 is 1.05 bits per heavy atom. The Bertz CT molecular complexity index is 1030. The van der Waals surface area contributed by atoms with Gasteiger partial charge in [0.15, 0.2) is 17.2 Å². The number of aryl methyl sites for hydroxylation is 1. The van der Waals surface area contributed by atoms with Crippen LogP contribution in [0.15, 0.2) is 22.6 Å². The van der Waals surface area contributed by atoms with Crippen LogP contribution in [0.4, 0.5) is 8.78 Å². The molecule has 1 saturated heterocycles. The van der Waals surface area contributed by atoms with Crippen LogP contribution in [0.1, 0.15) is 68.6 Å². The second kappa shape index (κ2) is 12.7. The van der Waals surface area contributed by atoms with Gasteiger partial charge in [0.1, 0.15) is 5.76 Å². The number of piperazine rings is 1. The molecule has 0 bridgehead atoms. The molecule has 2 aromatic rings. The van der Waals surface area contributed by atoms with Crippen molar-refractivity contribution < 1.29 is 27.5 Å². The zero-order chi connectivity index (χ0) is 26.4. The van der Waals surface area contributed by atoms with E-state index in [4.69, 9.17) is 9.15 Å². The summed E-state index contributed by atoms with van der Waals surface area (Å²) < 4.78 is 41.8. The minimum atomic E-state index is -2.95. The summed E-state index contributed by atoms with van der Waals surface area (Å²) in [5, 5.41) is 0. The van der Waals surface area contributed by atoms with E-state index in [-0.39, 0.29) is 29.0 Å². The number of ether oxygens (including phenoxy) is 2. The summed E-state index contributed by atoms with van der Waals surface area (Å²) in [4.78, 5) is 22.0. The summed E-state index contributed by atoms with van der Waals surface area (Å²) in [6.45, 7) is 7.45. The second-order valence-electron chi connectivity index (χ2n) is 9.96. The Kier molecular flexibility index (Phi) is 9.40. The minimum Gasteiger partial charge on any atom is -0.489 e. The van der Waals surface area contributed by atoms with Crippen molar-refractivity contribution in [2.75, 3.05) is 39.3 Å². The lowest BCUT2D eigenvalue weighted by Gasteiger charge is -2.35. The molecule has 37 heavy (non-hydrogen) atoms. The molecule has 1 aromatic heterocycles. The molecule has 3 fully saturated rings. The van der Waals surface area contributed by atoms with Gasteiger partial charge in [-0.1, -0.05) is 26.7 Å². The van der Waals surface area contributed by atoms with Crippen LogP contribution < -0.4 is 9.47 Å². The number of carbonyl (C=O) groups excluding carboxylic acids is 1. The Morgan fingerprint density at radius 3 is 2.41 bits per heavy atom. The number of hydrogen-bond donors (Lipinski definition) is 0. The van der Waals surface area contributed by atoms with Crippen LogP contribution in [0.3, 0.4) is 0 Å². The number of rotatable bonds is 9. The molecule has 7 nitrogen and oxygen atoms in total. The molecule has 0 N–H and O–H groups in total. The van der Waals surface area contributed by atoms with Crippen molar-refractivity contribution in [3.05, 3.63) is 29.7 Å². The topological polar surface area (TPSA) is 68.0 Å². The van der Waals surface area contributed by atoms with Crippen molar-refractivity contribution in [1.82, 2.24) is 14.8 Å². The predicted molar refractivity (Wildman–Crippen MR) is 137 cm³/mol. The highest BCUT2D eigenvalue weighted by atomic mass is 19.3. The van der Waals surface area contributed by atoms with E-state index in [0.29, 0.717) is 36.9 Å². The predicted octanol–water partition coefficient (Wildman–Crippen LogP) is 6.01. The molecule has 0 atom stereocenters. The van der Waals surface area contributed by atoms with E-state index in [2.05, 4.69) is 14.6 Å². The lowest BCUT2D eigenvalue weighted by atomic mass is 10.1. The van der Waals surface area contributed by atoms with Crippen molar-refractivity contribution >= 4 is 5.91 Å². The summed E-state index contributed by atoms with van der Waals surface area (Å²) in [5.74, 6) is 1.99. The monoisotopic (exact) mass is 519 g/mol. The fraction of sp³-hybridized carbons (Fsp3) is 0.643. The molecule has 3 aliphatic rings. The number of benzene rings is 1. The third kappa shape index (κ3) is 7.21. The molecule has 0 spiro atoms. The van der Waals surface area contributed by atoms with Crippen LogP contribution in [0.2, 0.25) is 0 Å². The third-order valence-electron chi connectivity index (χ3n) is 7.23. The molecule has 1 amide bonds. The molecule has 2 aliphatic carbocycles. The Morgan fingerprint density at radius 2 is 1.76 bits per heavy atom. The minimum absolute atomic E-state index is 0.0283. The van der Waals surface area contributed by atoms with Crippen molar-refractivity contribution in [3.8, 4) is 23.0 Å². The molecule has 2 heterocycles. The zero-order valence-corrected chi connectivity index (χ0v) is 22.2. The summed E-state index contributed by atoms with van der Waals surface area (Å²) >= 11 is 0. The van der Waals surface area contributed by atoms with Gasteiger partial charge in [-0.15, -0.1) is 0 Å². The van der Waals surface area contributed by atoms with E-state index < -0.39 is 6.61 Å². The van der Waals surface area contributed by atoms with Crippen LogP contribution >= 0.6 is 0 Å². The van der Waals surface area contributed by atoms with E-state index in [0.717, 1.165) is 38.4 Å². The molecule has 5 rings (SSSR count). The van der Waals surface area contributed by atoms with Gasteiger partial charge in [-0.3, -0.25) is 9.69 Å². The van der Waals surface area contributed by atoms with Gasteiger partial charge in [-0.25, -0.2) is 4.98 Å². The number of amides is 1. The second-order valence-corrected chi connectivity index (χ2v) is 9.96. The number of halogens is 2. The van der Waals surface area contributed by atoms with Gasteiger partial charge in [-0.05, 0) is 62.6 Å². The van der Waals surface area contributed by atoms with Crippen LogP contribution in [0, 0.1) is 18.8 Å². The van der Waals surface area contributed by atoms with Gasteiger partial charge in [0, 0.05) is 38.3 Å². The quantitative estimate of drug-likeness (QED) is 0.404. The maximum Gasteiger partial charge on any atom is 0.387 e. The van der Waals surface area contributed by atoms with Gasteiger partial charge in [0.25, 0.3) is 5.91 Å². The highest BCUT2D eigenvalue weighted by Gasteiger charge is 2.29. The highest BCUT2D eigenvalue weighted by Crippen LogP contribution is 2.37. The largest absolute Gasteiger partial charge is 0.489 e. The van der Waals surface area contributed by atoms with Crippen molar-refractivity contribution in [3.63, 3.8) is 0 Å². The third-order valence-corrected chi connectivity index (χ3v) is 7.23. The number of oxazole rings is 1. The number of hydrogen-bond acceptors (Lipinski definition) is 6. The molecule has 1 aliphatic heterocycles. The van der Waals surface area contributed by atoms with E-state index in [1.54, 1.807) is 19.1 Å². The van der Waals surface area contributed by atoms with E-state index in [9.17, 15) is 13.6 Å². The number of alkyl halides is 2. The SMILES string of the molecule is CC.Cc1oc(-c2ccc(OC(F)F)c(OCC3CC3)c2)nc1C(=O)N1CCN(CC2CCCC2)CC1. The van der Waals surface area contributed by atoms with Gasteiger partial charge in [0.2, 0.25) is 5.89 Å². The summed E-state index contributed by atoms with van der Waals surface area (Å²) in [6.07, 6.45) is 7.47. The molecule has 204 valence electrons. The summed E-state index contributed by atoms with van der Waals surface area (Å²) in [7, 11) is 0. The number of nitrogens with zero attached hydrogens (tertiary/aromatic N) is 3. The van der Waals surface area contributed by atoms with Gasteiger partial charge in [0.05, 0.1) is 6.61 Å². The fourth-order valence-corrected chi connectivity index (χ4v) is 5.00. The van der Waals surface area contributed by atoms with Crippen molar-refractivity contribution in [2.24, 2.45) is 11.8 Å². The maximum atomic E-state index is 13.2. The molecular formula is C28H39F2N3O4. The Balaban J connectivity index is 0.00000156. The molecule has 0 radical (unpaired) electrons. The normalized spacial score (nSPS) is 18.6. The average Bonchev–Trinajstić information content (AvgIpc) is 3.44. The highest BCUT2D eigenvalue weighted by molar-refractivity contribution is 5.93. The van der Waals surface area contributed by atoms with Crippen LogP contribution in [0.5, 0.6) is 11.5 Å².